The van der Waals surface area contributed by atoms with Gasteiger partial charge < -0.3 is 14.8 Å². The molecule has 1 aromatic carbocycles. The van der Waals surface area contributed by atoms with Crippen LogP contribution in [0.15, 0.2) is 30.4 Å². The number of nitrogens with zero attached hydrogens (tertiary/aromatic N) is 1. The van der Waals surface area contributed by atoms with Crippen molar-refractivity contribution in [2.75, 3.05) is 26.7 Å². The summed E-state index contributed by atoms with van der Waals surface area (Å²) in [5.74, 6) is 1.18. The first-order valence-corrected chi connectivity index (χ1v) is 11.4. The van der Waals surface area contributed by atoms with E-state index in [-0.39, 0.29) is 30.8 Å². The van der Waals surface area contributed by atoms with Crippen LogP contribution in [0.4, 0.5) is 0 Å². The van der Waals surface area contributed by atoms with E-state index < -0.39 is 0 Å². The second kappa shape index (κ2) is 17.5. The lowest BCUT2D eigenvalue weighted by molar-refractivity contribution is -0.135. The molecule has 0 aliphatic carbocycles. The highest BCUT2D eigenvalue weighted by Crippen LogP contribution is 2.28. The minimum absolute atomic E-state index is 0. The van der Waals surface area contributed by atoms with Crippen molar-refractivity contribution in [3.8, 4) is 11.5 Å². The summed E-state index contributed by atoms with van der Waals surface area (Å²) in [6.07, 6.45) is 8.79. The Kier molecular flexibility index (Phi) is 16.4. The van der Waals surface area contributed by atoms with Gasteiger partial charge in [0.05, 0.1) is 13.7 Å². The molecule has 0 unspecified atom stereocenters. The molecule has 0 spiro atoms. The SMILES string of the molecule is CCCN(CC)CC(=O)Oc1ccc(CNC(=O)CCCC/C=C/C(C)C)cc1OC.Cl. The quantitative estimate of drug-likeness (QED) is 0.167. The largest absolute Gasteiger partial charge is 0.493 e. The predicted molar refractivity (Wildman–Crippen MR) is 133 cm³/mol. The lowest BCUT2D eigenvalue weighted by Crippen LogP contribution is -2.32. The Hall–Kier alpha value is -2.05. The van der Waals surface area contributed by atoms with Crippen LogP contribution in [0.2, 0.25) is 0 Å². The van der Waals surface area contributed by atoms with Crippen molar-refractivity contribution in [3.05, 3.63) is 35.9 Å². The van der Waals surface area contributed by atoms with Crippen LogP contribution in [0.1, 0.15) is 65.4 Å². The zero-order valence-corrected chi connectivity index (χ0v) is 21.1. The minimum atomic E-state index is -0.308. The number of carbonyl (C=O) groups excluding carboxylic acids is 2. The molecule has 0 aromatic heterocycles. The first kappa shape index (κ1) is 29.9. The van der Waals surface area contributed by atoms with E-state index >= 15 is 0 Å². The number of esters is 1. The molecule has 1 N–H and O–H groups in total. The molecule has 0 radical (unpaired) electrons. The second-order valence-corrected chi connectivity index (χ2v) is 8.02. The molecule has 1 rings (SSSR count). The number of amides is 1. The van der Waals surface area contributed by atoms with Crippen molar-refractivity contribution in [1.82, 2.24) is 10.2 Å². The zero-order chi connectivity index (χ0) is 23.1. The van der Waals surface area contributed by atoms with E-state index in [1.807, 2.05) is 17.9 Å². The lowest BCUT2D eigenvalue weighted by atomic mass is 10.1. The number of rotatable bonds is 15. The Labute approximate surface area is 200 Å². The maximum absolute atomic E-state index is 12.2. The Morgan fingerprint density at radius 2 is 1.91 bits per heavy atom. The van der Waals surface area contributed by atoms with Gasteiger partial charge in [0.2, 0.25) is 5.91 Å². The molecule has 0 saturated carbocycles. The van der Waals surface area contributed by atoms with E-state index in [0.29, 0.717) is 30.4 Å². The normalized spacial score (nSPS) is 11.0. The number of benzene rings is 1. The fourth-order valence-electron chi connectivity index (χ4n) is 3.11. The van der Waals surface area contributed by atoms with Gasteiger partial charge in [0.1, 0.15) is 0 Å². The molecular weight excluding hydrogens is 428 g/mol. The van der Waals surface area contributed by atoms with Gasteiger partial charge in [0, 0.05) is 13.0 Å². The molecule has 32 heavy (non-hydrogen) atoms. The van der Waals surface area contributed by atoms with Gasteiger partial charge in [-0.2, -0.15) is 0 Å². The molecule has 1 amide bonds. The van der Waals surface area contributed by atoms with E-state index in [1.54, 1.807) is 12.1 Å². The van der Waals surface area contributed by atoms with Crippen LogP contribution in [0, 0.1) is 5.92 Å². The number of allylic oxidation sites excluding steroid dienone is 2. The molecule has 182 valence electrons. The van der Waals surface area contributed by atoms with E-state index in [9.17, 15) is 9.59 Å². The Morgan fingerprint density at radius 1 is 1.16 bits per heavy atom. The van der Waals surface area contributed by atoms with Crippen LogP contribution in [-0.2, 0) is 16.1 Å². The highest BCUT2D eigenvalue weighted by atomic mass is 35.5. The topological polar surface area (TPSA) is 67.9 Å². The second-order valence-electron chi connectivity index (χ2n) is 8.02. The number of nitrogens with one attached hydrogen (secondary N) is 1. The molecule has 0 aliphatic heterocycles. The van der Waals surface area contributed by atoms with Gasteiger partial charge >= 0.3 is 5.97 Å². The van der Waals surface area contributed by atoms with Crippen LogP contribution in [-0.4, -0.2) is 43.5 Å². The van der Waals surface area contributed by atoms with Crippen LogP contribution >= 0.6 is 12.4 Å². The molecule has 0 heterocycles. The fourth-order valence-corrected chi connectivity index (χ4v) is 3.11. The predicted octanol–water partition coefficient (Wildman–Crippen LogP) is 5.14. The Balaban J connectivity index is 0.00000961. The summed E-state index contributed by atoms with van der Waals surface area (Å²) in [6.45, 7) is 10.7. The maximum Gasteiger partial charge on any atom is 0.325 e. The van der Waals surface area contributed by atoms with Crippen molar-refractivity contribution in [2.45, 2.75) is 66.3 Å². The van der Waals surface area contributed by atoms with Crippen molar-refractivity contribution in [3.63, 3.8) is 0 Å². The molecule has 0 atom stereocenters. The van der Waals surface area contributed by atoms with Gasteiger partial charge in [-0.25, -0.2) is 0 Å². The van der Waals surface area contributed by atoms with Crippen LogP contribution in [0.3, 0.4) is 0 Å². The number of likely N-dealkylation sites (N-methyl/N-ethyl adjacent to an activating group) is 1. The molecule has 7 heteroatoms. The first-order chi connectivity index (χ1) is 14.9. The van der Waals surface area contributed by atoms with Gasteiger partial charge in [-0.15, -0.1) is 12.4 Å². The molecule has 0 aliphatic rings. The third-order valence-electron chi connectivity index (χ3n) is 4.83. The molecule has 0 fully saturated rings. The smallest absolute Gasteiger partial charge is 0.325 e. The van der Waals surface area contributed by atoms with Gasteiger partial charge in [-0.1, -0.05) is 45.9 Å². The summed E-state index contributed by atoms with van der Waals surface area (Å²) >= 11 is 0. The number of unbranched alkanes of at least 4 members (excludes halogenated alkanes) is 2. The van der Waals surface area contributed by atoms with E-state index in [4.69, 9.17) is 9.47 Å². The first-order valence-electron chi connectivity index (χ1n) is 11.4. The number of hydrogen-bond acceptors (Lipinski definition) is 5. The lowest BCUT2D eigenvalue weighted by Gasteiger charge is -2.18. The van der Waals surface area contributed by atoms with E-state index in [2.05, 4.69) is 38.2 Å². The number of carbonyl (C=O) groups is 2. The summed E-state index contributed by atoms with van der Waals surface area (Å²) in [5.41, 5.74) is 0.894. The average Bonchev–Trinajstić information content (AvgIpc) is 2.74. The summed E-state index contributed by atoms with van der Waals surface area (Å²) in [7, 11) is 1.54. The third-order valence-corrected chi connectivity index (χ3v) is 4.83. The Morgan fingerprint density at radius 3 is 2.53 bits per heavy atom. The van der Waals surface area contributed by atoms with Gasteiger partial charge in [0.25, 0.3) is 0 Å². The summed E-state index contributed by atoms with van der Waals surface area (Å²) < 4.78 is 10.9. The molecule has 0 saturated heterocycles. The number of hydrogen-bond donors (Lipinski definition) is 1. The fraction of sp³-hybridized carbons (Fsp3) is 0.600. The number of halogens is 1. The standard InChI is InChI=1S/C25H40N2O4.ClH/c1-6-16-27(7-2)19-25(29)31-22-15-14-21(17-23(22)30-5)18-26-24(28)13-11-9-8-10-12-20(3)4;/h10,12,14-15,17,20H,6-9,11,13,16,18-19H2,1-5H3,(H,26,28);1H/b12-10+;. The number of methoxy groups -OCH3 is 1. The van der Waals surface area contributed by atoms with Gasteiger partial charge in [0.15, 0.2) is 11.5 Å². The van der Waals surface area contributed by atoms with Crippen LogP contribution in [0.25, 0.3) is 0 Å². The summed E-state index contributed by atoms with van der Waals surface area (Å²) in [5, 5.41) is 2.94. The third kappa shape index (κ3) is 12.7. The maximum atomic E-state index is 12.2. The Bertz CT molecular complexity index is 707. The van der Waals surface area contributed by atoms with Gasteiger partial charge in [-0.05, 0) is 62.4 Å². The monoisotopic (exact) mass is 468 g/mol. The summed E-state index contributed by atoms with van der Waals surface area (Å²) in [4.78, 5) is 26.4. The zero-order valence-electron chi connectivity index (χ0n) is 20.3. The number of ether oxygens (including phenoxy) is 2. The molecule has 1 aromatic rings. The van der Waals surface area contributed by atoms with E-state index in [0.717, 1.165) is 44.3 Å². The molecular formula is C25H41ClN2O4. The van der Waals surface area contributed by atoms with E-state index in [1.165, 1.54) is 7.11 Å². The summed E-state index contributed by atoms with van der Waals surface area (Å²) in [6, 6.07) is 5.35. The molecule has 6 nitrogen and oxygen atoms in total. The van der Waals surface area contributed by atoms with Crippen molar-refractivity contribution in [1.29, 1.82) is 0 Å². The van der Waals surface area contributed by atoms with Crippen molar-refractivity contribution < 1.29 is 19.1 Å². The minimum Gasteiger partial charge on any atom is -0.493 e. The van der Waals surface area contributed by atoms with Crippen molar-refractivity contribution in [2.24, 2.45) is 5.92 Å². The van der Waals surface area contributed by atoms with Crippen LogP contribution < -0.4 is 14.8 Å². The average molecular weight is 469 g/mol. The highest BCUT2D eigenvalue weighted by molar-refractivity contribution is 5.85. The van der Waals surface area contributed by atoms with Crippen LogP contribution in [0.5, 0.6) is 11.5 Å². The van der Waals surface area contributed by atoms with Crippen molar-refractivity contribution >= 4 is 24.3 Å². The highest BCUT2D eigenvalue weighted by Gasteiger charge is 2.14. The molecule has 0 bridgehead atoms. The van der Waals surface area contributed by atoms with Gasteiger partial charge in [-0.3, -0.25) is 14.5 Å².